The fraction of sp³-hybridized carbons (Fsp3) is 0.0667. The molecule has 1 aromatic heterocycles. The zero-order valence-electron chi connectivity index (χ0n) is 18.8. The van der Waals surface area contributed by atoms with E-state index in [4.69, 9.17) is 9.15 Å². The highest BCUT2D eigenvalue weighted by atomic mass is 16.5. The van der Waals surface area contributed by atoms with E-state index in [9.17, 15) is 14.7 Å². The van der Waals surface area contributed by atoms with E-state index in [2.05, 4.69) is 0 Å². The van der Waals surface area contributed by atoms with Gasteiger partial charge in [0.1, 0.15) is 17.4 Å². The van der Waals surface area contributed by atoms with Crippen molar-refractivity contribution in [2.75, 3.05) is 0 Å². The quantitative estimate of drug-likeness (QED) is 0.322. The Bertz CT molecular complexity index is 1540. The van der Waals surface area contributed by atoms with Crippen LogP contribution in [0.15, 0.2) is 118 Å². The largest absolute Gasteiger partial charge is 0.502 e. The minimum absolute atomic E-state index is 0.153. The van der Waals surface area contributed by atoms with Gasteiger partial charge in [-0.2, -0.15) is 0 Å². The Morgan fingerprint density at radius 3 is 2.11 bits per heavy atom. The molecule has 0 bridgehead atoms. The Kier molecular flexibility index (Phi) is 6.14. The van der Waals surface area contributed by atoms with Crippen molar-refractivity contribution in [2.24, 2.45) is 0 Å². The van der Waals surface area contributed by atoms with E-state index < -0.39 is 5.43 Å². The van der Waals surface area contributed by atoms with Crippen LogP contribution in [0, 0.1) is 0 Å². The summed E-state index contributed by atoms with van der Waals surface area (Å²) in [4.78, 5) is 24.0. The van der Waals surface area contributed by atoms with Crippen molar-refractivity contribution in [3.8, 4) is 22.8 Å². The molecule has 0 spiro atoms. The number of hydrogen-bond acceptors (Lipinski definition) is 5. The van der Waals surface area contributed by atoms with Crippen LogP contribution in [0.2, 0.25) is 0 Å². The first-order valence-electron chi connectivity index (χ1n) is 11.3. The molecular formula is C30H22O5. The molecule has 0 saturated carbocycles. The first-order chi connectivity index (χ1) is 17.1. The summed E-state index contributed by atoms with van der Waals surface area (Å²) >= 11 is 0. The highest BCUT2D eigenvalue weighted by Crippen LogP contribution is 2.34. The lowest BCUT2D eigenvalue weighted by molar-refractivity contribution is 0.0850. The Labute approximate surface area is 201 Å². The van der Waals surface area contributed by atoms with Gasteiger partial charge >= 0.3 is 0 Å². The van der Waals surface area contributed by atoms with Gasteiger partial charge < -0.3 is 14.3 Å². The molecule has 5 nitrogen and oxygen atoms in total. The first kappa shape index (κ1) is 22.2. The fourth-order valence-corrected chi connectivity index (χ4v) is 4.04. The van der Waals surface area contributed by atoms with Crippen LogP contribution in [0.25, 0.3) is 22.3 Å². The molecule has 1 atom stereocenters. The molecule has 0 saturated heterocycles. The van der Waals surface area contributed by atoms with E-state index in [1.807, 2.05) is 72.8 Å². The van der Waals surface area contributed by atoms with Gasteiger partial charge in [-0.15, -0.1) is 0 Å². The molecule has 172 valence electrons. The zero-order chi connectivity index (χ0) is 24.2. The van der Waals surface area contributed by atoms with Crippen LogP contribution in [0.4, 0.5) is 0 Å². The van der Waals surface area contributed by atoms with Crippen LogP contribution < -0.4 is 10.2 Å². The highest BCUT2D eigenvalue weighted by molar-refractivity contribution is 6.00. The Balaban J connectivity index is 0.000000145. The van der Waals surface area contributed by atoms with E-state index in [-0.39, 0.29) is 23.4 Å². The summed E-state index contributed by atoms with van der Waals surface area (Å²) in [5.74, 6) is 0.706. The average molecular weight is 463 g/mol. The van der Waals surface area contributed by atoms with Crippen LogP contribution in [0.5, 0.6) is 11.5 Å². The van der Waals surface area contributed by atoms with Crippen molar-refractivity contribution >= 4 is 16.8 Å². The molecule has 1 aliphatic heterocycles. The molecule has 0 amide bonds. The molecule has 1 N–H and O–H groups in total. The minimum Gasteiger partial charge on any atom is -0.502 e. The molecule has 6 rings (SSSR count). The minimum atomic E-state index is -0.407. The molecule has 1 aliphatic rings. The second-order valence-electron chi connectivity index (χ2n) is 8.11. The maximum atomic E-state index is 12.0. The number of carbonyl (C=O) groups is 1. The van der Waals surface area contributed by atoms with E-state index in [0.29, 0.717) is 34.3 Å². The Morgan fingerprint density at radius 1 is 0.714 bits per heavy atom. The van der Waals surface area contributed by atoms with Crippen molar-refractivity contribution in [2.45, 2.75) is 12.5 Å². The molecular weight excluding hydrogens is 440 g/mol. The van der Waals surface area contributed by atoms with Crippen LogP contribution in [0.1, 0.15) is 28.4 Å². The van der Waals surface area contributed by atoms with Gasteiger partial charge in [0, 0.05) is 5.56 Å². The number of rotatable bonds is 2. The van der Waals surface area contributed by atoms with Crippen molar-refractivity contribution in [1.82, 2.24) is 0 Å². The summed E-state index contributed by atoms with van der Waals surface area (Å²) in [7, 11) is 0. The van der Waals surface area contributed by atoms with Gasteiger partial charge in [-0.05, 0) is 29.8 Å². The molecule has 1 unspecified atom stereocenters. The number of fused-ring (bicyclic) bond motifs is 2. The number of ether oxygens (including phenoxy) is 1. The smallest absolute Gasteiger partial charge is 0.235 e. The molecule has 5 heteroatoms. The van der Waals surface area contributed by atoms with Crippen molar-refractivity contribution in [3.63, 3.8) is 0 Å². The van der Waals surface area contributed by atoms with Gasteiger partial charge in [-0.3, -0.25) is 9.59 Å². The van der Waals surface area contributed by atoms with Gasteiger partial charge in [-0.1, -0.05) is 84.9 Å². The Morgan fingerprint density at radius 2 is 1.34 bits per heavy atom. The third-order valence-corrected chi connectivity index (χ3v) is 5.81. The first-order valence-corrected chi connectivity index (χ1v) is 11.3. The molecule has 0 radical (unpaired) electrons. The number of benzene rings is 4. The number of aromatic hydroxyl groups is 1. The summed E-state index contributed by atoms with van der Waals surface area (Å²) < 4.78 is 11.5. The summed E-state index contributed by atoms with van der Waals surface area (Å²) in [5, 5.41) is 10.3. The standard InChI is InChI=1S/C15H10O3.C15H12O2/c16-13-11-8-4-5-9-12(11)18-15(14(13)17)10-6-2-1-3-7-10;16-13-10-15(11-6-2-1-3-7-11)17-14-9-5-4-8-12(13)14/h1-9,17H;1-9,15H,10H2. The van der Waals surface area contributed by atoms with Crippen LogP contribution in [-0.4, -0.2) is 10.9 Å². The van der Waals surface area contributed by atoms with Gasteiger partial charge in [-0.25, -0.2) is 0 Å². The number of ketones is 1. The van der Waals surface area contributed by atoms with Gasteiger partial charge in [0.05, 0.1) is 17.4 Å². The normalized spacial score (nSPS) is 14.4. The third-order valence-electron chi connectivity index (χ3n) is 5.81. The highest BCUT2D eigenvalue weighted by Gasteiger charge is 2.26. The summed E-state index contributed by atoms with van der Waals surface area (Å²) in [6.07, 6.45) is 0.264. The number of Topliss-reactive ketones (excluding diaryl/α,β-unsaturated/α-hetero) is 1. The lowest BCUT2D eigenvalue weighted by Crippen LogP contribution is -2.20. The van der Waals surface area contributed by atoms with Gasteiger partial charge in [0.2, 0.25) is 11.2 Å². The molecule has 35 heavy (non-hydrogen) atoms. The zero-order valence-corrected chi connectivity index (χ0v) is 18.8. The lowest BCUT2D eigenvalue weighted by atomic mass is 9.96. The second kappa shape index (κ2) is 9.69. The van der Waals surface area contributed by atoms with Crippen molar-refractivity contribution < 1.29 is 19.1 Å². The van der Waals surface area contributed by atoms with E-state index in [1.165, 1.54) is 0 Å². The van der Waals surface area contributed by atoms with Gasteiger partial charge in [0.15, 0.2) is 11.5 Å². The van der Waals surface area contributed by atoms with Crippen LogP contribution in [-0.2, 0) is 0 Å². The predicted octanol–water partition coefficient (Wildman–Crippen LogP) is 6.56. The summed E-state index contributed by atoms with van der Waals surface area (Å²) in [5.41, 5.74) is 2.49. The van der Waals surface area contributed by atoms with E-state index >= 15 is 0 Å². The predicted molar refractivity (Wildman–Crippen MR) is 135 cm³/mol. The Hall–Kier alpha value is -4.64. The molecule has 4 aromatic carbocycles. The maximum Gasteiger partial charge on any atom is 0.235 e. The monoisotopic (exact) mass is 462 g/mol. The molecule has 5 aromatic rings. The molecule has 0 aliphatic carbocycles. The van der Waals surface area contributed by atoms with Crippen LogP contribution >= 0.6 is 0 Å². The number of hydrogen-bond donors (Lipinski definition) is 1. The lowest BCUT2D eigenvalue weighted by Gasteiger charge is -2.25. The van der Waals surface area contributed by atoms with Crippen molar-refractivity contribution in [3.05, 3.63) is 131 Å². The van der Waals surface area contributed by atoms with Gasteiger partial charge in [0.25, 0.3) is 0 Å². The molecule has 0 fully saturated rings. The van der Waals surface area contributed by atoms with Crippen LogP contribution in [0.3, 0.4) is 0 Å². The summed E-state index contributed by atoms with van der Waals surface area (Å²) in [6.45, 7) is 0. The average Bonchev–Trinajstić information content (AvgIpc) is 2.92. The maximum absolute atomic E-state index is 12.0. The number of carbonyl (C=O) groups excluding carboxylic acids is 1. The second-order valence-corrected chi connectivity index (χ2v) is 8.11. The van der Waals surface area contributed by atoms with Crippen molar-refractivity contribution in [1.29, 1.82) is 0 Å². The summed E-state index contributed by atoms with van der Waals surface area (Å²) in [6, 6.07) is 33.2. The SMILES string of the molecule is O=C1CC(c2ccccc2)Oc2ccccc21.O=c1c(O)c(-c2ccccc2)oc2ccccc12. The third kappa shape index (κ3) is 4.57. The molecule has 2 heterocycles. The van der Waals surface area contributed by atoms with E-state index in [0.717, 1.165) is 5.56 Å². The fourth-order valence-electron chi connectivity index (χ4n) is 4.04. The van der Waals surface area contributed by atoms with E-state index in [1.54, 1.807) is 36.4 Å². The number of para-hydroxylation sites is 2. The topological polar surface area (TPSA) is 76.7 Å².